The SMILES string of the molecule is Cc1ccc(NC(=S)Nc2ccc(C)cn2)nc1. The maximum absolute atomic E-state index is 5.18. The Morgan fingerprint density at radius 1 is 0.889 bits per heavy atom. The van der Waals surface area contributed by atoms with E-state index in [9.17, 15) is 0 Å². The fourth-order valence-electron chi connectivity index (χ4n) is 1.35. The van der Waals surface area contributed by atoms with Gasteiger partial charge in [-0.3, -0.25) is 0 Å². The van der Waals surface area contributed by atoms with Crippen molar-refractivity contribution in [3.05, 3.63) is 47.8 Å². The highest BCUT2D eigenvalue weighted by molar-refractivity contribution is 7.80. The minimum Gasteiger partial charge on any atom is -0.317 e. The summed E-state index contributed by atoms with van der Waals surface area (Å²) < 4.78 is 0. The molecule has 2 heterocycles. The molecule has 0 bridgehead atoms. The Bertz CT molecular complexity index is 484. The molecule has 0 unspecified atom stereocenters. The lowest BCUT2D eigenvalue weighted by atomic mass is 10.3. The van der Waals surface area contributed by atoms with Crippen LogP contribution in [-0.4, -0.2) is 15.1 Å². The molecule has 0 fully saturated rings. The van der Waals surface area contributed by atoms with Crippen LogP contribution in [-0.2, 0) is 0 Å². The average molecular weight is 258 g/mol. The maximum Gasteiger partial charge on any atom is 0.177 e. The molecule has 18 heavy (non-hydrogen) atoms. The average Bonchev–Trinajstić information content (AvgIpc) is 2.35. The molecule has 2 aromatic heterocycles. The van der Waals surface area contributed by atoms with E-state index in [2.05, 4.69) is 20.6 Å². The van der Waals surface area contributed by atoms with Crippen molar-refractivity contribution in [2.24, 2.45) is 0 Å². The molecule has 2 aromatic rings. The predicted molar refractivity (Wildman–Crippen MR) is 77.8 cm³/mol. The van der Waals surface area contributed by atoms with E-state index in [1.807, 2.05) is 38.1 Å². The van der Waals surface area contributed by atoms with Gasteiger partial charge in [-0.25, -0.2) is 9.97 Å². The molecule has 0 aromatic carbocycles. The van der Waals surface area contributed by atoms with Gasteiger partial charge in [0.05, 0.1) is 0 Å². The molecule has 0 saturated heterocycles. The number of hydrogen-bond donors (Lipinski definition) is 2. The van der Waals surface area contributed by atoms with E-state index in [1.54, 1.807) is 12.4 Å². The van der Waals surface area contributed by atoms with Gasteiger partial charge in [0.15, 0.2) is 5.11 Å². The molecular formula is C13H14N4S. The molecule has 0 radical (unpaired) electrons. The minimum atomic E-state index is 0.475. The zero-order chi connectivity index (χ0) is 13.0. The number of nitrogens with zero attached hydrogens (tertiary/aromatic N) is 2. The number of thiocarbonyl (C=S) groups is 1. The smallest absolute Gasteiger partial charge is 0.177 e. The highest BCUT2D eigenvalue weighted by Crippen LogP contribution is 2.07. The van der Waals surface area contributed by atoms with Crippen molar-refractivity contribution in [2.45, 2.75) is 13.8 Å². The normalized spacial score (nSPS) is 9.89. The van der Waals surface area contributed by atoms with E-state index in [-0.39, 0.29) is 0 Å². The van der Waals surface area contributed by atoms with Crippen LogP contribution in [0.25, 0.3) is 0 Å². The van der Waals surface area contributed by atoms with Gasteiger partial charge in [-0.2, -0.15) is 0 Å². The zero-order valence-corrected chi connectivity index (χ0v) is 11.1. The summed E-state index contributed by atoms with van der Waals surface area (Å²) in [5.74, 6) is 1.43. The van der Waals surface area contributed by atoms with Gasteiger partial charge >= 0.3 is 0 Å². The highest BCUT2D eigenvalue weighted by Gasteiger charge is 2.00. The van der Waals surface area contributed by atoms with Gasteiger partial charge in [-0.05, 0) is 49.3 Å². The third-order valence-corrected chi connectivity index (χ3v) is 2.51. The van der Waals surface area contributed by atoms with Crippen LogP contribution >= 0.6 is 12.2 Å². The molecule has 0 amide bonds. The summed E-state index contributed by atoms with van der Waals surface area (Å²) in [6, 6.07) is 7.71. The molecular weight excluding hydrogens is 244 g/mol. The van der Waals surface area contributed by atoms with Crippen LogP contribution in [0.4, 0.5) is 11.6 Å². The number of anilines is 2. The van der Waals surface area contributed by atoms with E-state index in [0.717, 1.165) is 11.1 Å². The lowest BCUT2D eigenvalue weighted by Crippen LogP contribution is -2.20. The first-order chi connectivity index (χ1) is 8.63. The fourth-order valence-corrected chi connectivity index (χ4v) is 1.56. The molecule has 0 spiro atoms. The third kappa shape index (κ3) is 3.49. The summed E-state index contributed by atoms with van der Waals surface area (Å²) in [4.78, 5) is 8.43. The van der Waals surface area contributed by atoms with E-state index in [0.29, 0.717) is 16.7 Å². The van der Waals surface area contributed by atoms with Crippen molar-refractivity contribution < 1.29 is 0 Å². The van der Waals surface area contributed by atoms with Crippen LogP contribution in [0.1, 0.15) is 11.1 Å². The van der Waals surface area contributed by atoms with Crippen LogP contribution < -0.4 is 10.6 Å². The zero-order valence-electron chi connectivity index (χ0n) is 10.3. The number of aryl methyl sites for hydroxylation is 2. The number of hydrogen-bond acceptors (Lipinski definition) is 3. The molecule has 5 heteroatoms. The molecule has 0 aliphatic heterocycles. The summed E-state index contributed by atoms with van der Waals surface area (Å²) in [6.45, 7) is 3.98. The Labute approximate surface area is 111 Å². The lowest BCUT2D eigenvalue weighted by Gasteiger charge is -2.09. The number of aromatic nitrogens is 2. The second kappa shape index (κ2) is 5.55. The van der Waals surface area contributed by atoms with Gasteiger partial charge in [-0.15, -0.1) is 0 Å². The Morgan fingerprint density at radius 2 is 1.33 bits per heavy atom. The summed E-state index contributed by atoms with van der Waals surface area (Å²) in [7, 11) is 0. The van der Waals surface area contributed by atoms with Crippen molar-refractivity contribution in [3.8, 4) is 0 Å². The number of rotatable bonds is 2. The molecule has 2 rings (SSSR count). The van der Waals surface area contributed by atoms with Crippen LogP contribution in [0, 0.1) is 13.8 Å². The quantitative estimate of drug-likeness (QED) is 0.811. The van der Waals surface area contributed by atoms with Gasteiger partial charge in [-0.1, -0.05) is 12.1 Å². The topological polar surface area (TPSA) is 49.8 Å². The van der Waals surface area contributed by atoms with Crippen molar-refractivity contribution in [3.63, 3.8) is 0 Å². The first kappa shape index (κ1) is 12.4. The Morgan fingerprint density at radius 3 is 1.67 bits per heavy atom. The molecule has 92 valence electrons. The van der Waals surface area contributed by atoms with Gasteiger partial charge in [0.1, 0.15) is 11.6 Å². The van der Waals surface area contributed by atoms with Crippen LogP contribution in [0.5, 0.6) is 0 Å². The Kier molecular flexibility index (Phi) is 3.84. The highest BCUT2D eigenvalue weighted by atomic mass is 32.1. The van der Waals surface area contributed by atoms with Crippen LogP contribution in [0.3, 0.4) is 0 Å². The first-order valence-electron chi connectivity index (χ1n) is 5.57. The van der Waals surface area contributed by atoms with E-state index in [4.69, 9.17) is 12.2 Å². The van der Waals surface area contributed by atoms with Crippen molar-refractivity contribution >= 4 is 29.0 Å². The van der Waals surface area contributed by atoms with Gasteiger partial charge in [0.25, 0.3) is 0 Å². The van der Waals surface area contributed by atoms with Crippen LogP contribution in [0.15, 0.2) is 36.7 Å². The number of pyridine rings is 2. The standard InChI is InChI=1S/C13H14N4S/c1-9-3-5-11(14-7-9)16-13(18)17-12-6-4-10(2)8-15-12/h3-8H,1-2H3,(H2,14,15,16,17,18). The van der Waals surface area contributed by atoms with Crippen molar-refractivity contribution in [1.29, 1.82) is 0 Å². The largest absolute Gasteiger partial charge is 0.317 e. The molecule has 0 aliphatic rings. The van der Waals surface area contributed by atoms with Crippen LogP contribution in [0.2, 0.25) is 0 Å². The Hall–Kier alpha value is -2.01. The monoisotopic (exact) mass is 258 g/mol. The van der Waals surface area contributed by atoms with E-state index >= 15 is 0 Å². The first-order valence-corrected chi connectivity index (χ1v) is 5.97. The van der Waals surface area contributed by atoms with Crippen molar-refractivity contribution in [1.82, 2.24) is 9.97 Å². The van der Waals surface area contributed by atoms with Gasteiger partial charge < -0.3 is 10.6 Å². The summed E-state index contributed by atoms with van der Waals surface area (Å²) in [5, 5.41) is 6.48. The molecule has 0 saturated carbocycles. The van der Waals surface area contributed by atoms with Gasteiger partial charge in [0.2, 0.25) is 0 Å². The fraction of sp³-hybridized carbons (Fsp3) is 0.154. The minimum absolute atomic E-state index is 0.475. The van der Waals surface area contributed by atoms with Crippen molar-refractivity contribution in [2.75, 3.05) is 10.6 Å². The molecule has 4 nitrogen and oxygen atoms in total. The maximum atomic E-state index is 5.18. The predicted octanol–water partition coefficient (Wildman–Crippen LogP) is 2.90. The summed E-state index contributed by atoms with van der Waals surface area (Å²) in [5.41, 5.74) is 2.22. The number of nitrogens with one attached hydrogen (secondary N) is 2. The lowest BCUT2D eigenvalue weighted by molar-refractivity contribution is 1.26. The Balaban J connectivity index is 1.96. The van der Waals surface area contributed by atoms with E-state index < -0.39 is 0 Å². The molecule has 0 aliphatic carbocycles. The second-order valence-electron chi connectivity index (χ2n) is 4.02. The molecule has 0 atom stereocenters. The van der Waals surface area contributed by atoms with Gasteiger partial charge in [0, 0.05) is 12.4 Å². The third-order valence-electron chi connectivity index (χ3n) is 2.31. The second-order valence-corrected chi connectivity index (χ2v) is 4.43. The summed E-state index contributed by atoms with van der Waals surface area (Å²) in [6.07, 6.45) is 3.57. The summed E-state index contributed by atoms with van der Waals surface area (Å²) >= 11 is 5.18. The molecule has 2 N–H and O–H groups in total. The van der Waals surface area contributed by atoms with E-state index in [1.165, 1.54) is 0 Å².